The number of nitrogens with zero attached hydrogens (tertiary/aromatic N) is 1. The second kappa shape index (κ2) is 9.15. The number of rotatable bonds is 5. The van der Waals surface area contributed by atoms with Gasteiger partial charge in [-0.1, -0.05) is 24.3 Å². The third-order valence-electron chi connectivity index (χ3n) is 4.79. The van der Waals surface area contributed by atoms with Crippen LogP contribution in [0, 0.1) is 0 Å². The molecule has 3 heterocycles. The Morgan fingerprint density at radius 1 is 0.875 bits per heavy atom. The van der Waals surface area contributed by atoms with Gasteiger partial charge in [0, 0.05) is 17.0 Å². The predicted octanol–water partition coefficient (Wildman–Crippen LogP) is 4.56. The van der Waals surface area contributed by atoms with E-state index < -0.39 is 0 Å². The van der Waals surface area contributed by atoms with Crippen LogP contribution in [-0.2, 0) is 4.79 Å². The summed E-state index contributed by atoms with van der Waals surface area (Å²) in [4.78, 5) is 16.7. The number of aromatic nitrogens is 1. The number of nitrogens with one attached hydrogen (secondary N) is 1. The van der Waals surface area contributed by atoms with Gasteiger partial charge in [0.1, 0.15) is 26.4 Å². The predicted molar refractivity (Wildman–Crippen MR) is 123 cm³/mol. The molecule has 2 aliphatic heterocycles. The van der Waals surface area contributed by atoms with Crippen LogP contribution in [0.15, 0.2) is 60.0 Å². The zero-order valence-corrected chi connectivity index (χ0v) is 17.9. The number of carbonyl (C=O) groups excluding carboxylic acids is 1. The molecular formula is C24H20N2O5S. The largest absolute Gasteiger partial charge is 0.486 e. The fourth-order valence-electron chi connectivity index (χ4n) is 3.29. The average Bonchev–Trinajstić information content (AvgIpc) is 3.30. The molecule has 32 heavy (non-hydrogen) atoms. The fourth-order valence-corrected chi connectivity index (χ4v) is 4.01. The highest BCUT2D eigenvalue weighted by Gasteiger charge is 2.14. The maximum atomic E-state index is 12.2. The number of allylic oxidation sites excluding steroid dienone is 2. The first-order chi connectivity index (χ1) is 15.7. The van der Waals surface area contributed by atoms with Crippen molar-refractivity contribution in [2.24, 2.45) is 0 Å². The summed E-state index contributed by atoms with van der Waals surface area (Å²) in [6.07, 6.45) is 6.83. The van der Waals surface area contributed by atoms with Crippen LogP contribution < -0.4 is 24.3 Å². The van der Waals surface area contributed by atoms with Gasteiger partial charge in [-0.2, -0.15) is 0 Å². The summed E-state index contributed by atoms with van der Waals surface area (Å²) in [6.45, 7) is 2.20. The van der Waals surface area contributed by atoms with Gasteiger partial charge >= 0.3 is 0 Å². The lowest BCUT2D eigenvalue weighted by Crippen LogP contribution is -2.15. The zero-order chi connectivity index (χ0) is 21.8. The van der Waals surface area contributed by atoms with E-state index in [2.05, 4.69) is 10.3 Å². The number of ether oxygens (including phenoxy) is 4. The second-order valence-corrected chi connectivity index (χ2v) is 7.87. The summed E-state index contributed by atoms with van der Waals surface area (Å²) in [7, 11) is 0. The molecule has 0 saturated heterocycles. The summed E-state index contributed by atoms with van der Waals surface area (Å²) in [5.74, 6) is 2.68. The number of carbonyl (C=O) groups is 1. The van der Waals surface area contributed by atoms with Crippen molar-refractivity contribution in [1.29, 1.82) is 0 Å². The second-order valence-electron chi connectivity index (χ2n) is 7.01. The SMILES string of the molecule is O=C(/C=C/C=C/c1ccc2c(c1)OCCO2)Nc1nc(-c2ccc3c(c2)OCCO3)cs1. The molecule has 3 aromatic rings. The lowest BCUT2D eigenvalue weighted by molar-refractivity contribution is -0.111. The van der Waals surface area contributed by atoms with Crippen molar-refractivity contribution in [2.45, 2.75) is 0 Å². The van der Waals surface area contributed by atoms with Gasteiger partial charge in [0.05, 0.1) is 5.69 Å². The van der Waals surface area contributed by atoms with E-state index in [0.717, 1.165) is 34.1 Å². The standard InChI is InChI=1S/C24H20N2O5S/c27-23(4-2-1-3-16-5-7-19-21(13-16)30-11-9-28-19)26-24-25-18(15-32-24)17-6-8-20-22(14-17)31-12-10-29-20/h1-8,13-15H,9-12H2,(H,25,26,27)/b3-1+,4-2+. The number of anilines is 1. The van der Waals surface area contributed by atoms with E-state index in [9.17, 15) is 4.79 Å². The van der Waals surface area contributed by atoms with E-state index in [0.29, 0.717) is 37.3 Å². The van der Waals surface area contributed by atoms with Gasteiger partial charge < -0.3 is 18.9 Å². The molecule has 2 aromatic carbocycles. The number of benzene rings is 2. The molecule has 5 rings (SSSR count). The summed E-state index contributed by atoms with van der Waals surface area (Å²) < 4.78 is 22.3. The van der Waals surface area contributed by atoms with Crippen molar-refractivity contribution >= 4 is 28.5 Å². The highest BCUT2D eigenvalue weighted by Crippen LogP contribution is 2.35. The average molecular weight is 449 g/mol. The van der Waals surface area contributed by atoms with Crippen LogP contribution in [0.3, 0.4) is 0 Å². The molecule has 0 radical (unpaired) electrons. The lowest BCUT2D eigenvalue weighted by Gasteiger charge is -2.18. The van der Waals surface area contributed by atoms with Gasteiger partial charge in [0.15, 0.2) is 28.1 Å². The fraction of sp³-hybridized carbons (Fsp3) is 0.167. The summed E-state index contributed by atoms with van der Waals surface area (Å²) in [5.41, 5.74) is 2.64. The molecule has 0 atom stereocenters. The minimum Gasteiger partial charge on any atom is -0.486 e. The van der Waals surface area contributed by atoms with Crippen LogP contribution in [0.2, 0.25) is 0 Å². The Morgan fingerprint density at radius 3 is 2.34 bits per heavy atom. The molecule has 1 N–H and O–H groups in total. The molecule has 0 aliphatic carbocycles. The first-order valence-corrected chi connectivity index (χ1v) is 11.0. The molecule has 2 aliphatic rings. The Morgan fingerprint density at radius 2 is 1.56 bits per heavy atom. The van der Waals surface area contributed by atoms with Crippen LogP contribution in [0.1, 0.15) is 5.56 Å². The molecule has 0 bridgehead atoms. The Bertz CT molecular complexity index is 1200. The van der Waals surface area contributed by atoms with Gasteiger partial charge in [-0.25, -0.2) is 4.98 Å². The normalized spacial score (nSPS) is 14.6. The molecule has 0 fully saturated rings. The Hall–Kier alpha value is -3.78. The monoisotopic (exact) mass is 448 g/mol. The molecule has 0 saturated carbocycles. The van der Waals surface area contributed by atoms with Crippen LogP contribution in [0.4, 0.5) is 5.13 Å². The molecule has 8 heteroatoms. The highest BCUT2D eigenvalue weighted by atomic mass is 32.1. The zero-order valence-electron chi connectivity index (χ0n) is 17.1. The number of hydrogen-bond donors (Lipinski definition) is 1. The maximum absolute atomic E-state index is 12.2. The van der Waals surface area contributed by atoms with Crippen molar-refractivity contribution < 1.29 is 23.7 Å². The van der Waals surface area contributed by atoms with Gasteiger partial charge in [-0.15, -0.1) is 11.3 Å². The Balaban J connectivity index is 1.18. The third kappa shape index (κ3) is 4.60. The minimum atomic E-state index is -0.250. The first kappa shape index (κ1) is 20.1. The molecule has 0 unspecified atom stereocenters. The van der Waals surface area contributed by atoms with Crippen LogP contribution in [0.25, 0.3) is 17.3 Å². The molecule has 162 valence electrons. The van der Waals surface area contributed by atoms with E-state index in [-0.39, 0.29) is 5.91 Å². The van der Waals surface area contributed by atoms with Crippen LogP contribution in [-0.4, -0.2) is 37.3 Å². The Labute approximate surface area is 188 Å². The lowest BCUT2D eigenvalue weighted by atomic mass is 10.1. The van der Waals surface area contributed by atoms with Crippen molar-refractivity contribution in [3.63, 3.8) is 0 Å². The summed E-state index contributed by atoms with van der Waals surface area (Å²) >= 11 is 1.37. The van der Waals surface area contributed by atoms with E-state index in [1.165, 1.54) is 17.4 Å². The van der Waals surface area contributed by atoms with Crippen LogP contribution in [0.5, 0.6) is 23.0 Å². The number of hydrogen-bond acceptors (Lipinski definition) is 7. The highest BCUT2D eigenvalue weighted by molar-refractivity contribution is 7.14. The maximum Gasteiger partial charge on any atom is 0.250 e. The first-order valence-electron chi connectivity index (χ1n) is 10.2. The topological polar surface area (TPSA) is 78.9 Å². The van der Waals surface area contributed by atoms with Gasteiger partial charge in [0.25, 0.3) is 0 Å². The number of fused-ring (bicyclic) bond motifs is 2. The van der Waals surface area contributed by atoms with E-state index in [4.69, 9.17) is 18.9 Å². The smallest absolute Gasteiger partial charge is 0.250 e. The third-order valence-corrected chi connectivity index (χ3v) is 5.54. The summed E-state index contributed by atoms with van der Waals surface area (Å²) in [6, 6.07) is 11.4. The number of thiazole rings is 1. The van der Waals surface area contributed by atoms with Gasteiger partial charge in [-0.3, -0.25) is 10.1 Å². The van der Waals surface area contributed by atoms with E-state index in [1.54, 1.807) is 12.2 Å². The van der Waals surface area contributed by atoms with E-state index >= 15 is 0 Å². The molecule has 1 amide bonds. The van der Waals surface area contributed by atoms with Gasteiger partial charge in [-0.05, 0) is 35.9 Å². The van der Waals surface area contributed by atoms with Gasteiger partial charge in [0.2, 0.25) is 5.91 Å². The van der Waals surface area contributed by atoms with Crippen molar-refractivity contribution in [3.8, 4) is 34.3 Å². The van der Waals surface area contributed by atoms with Crippen LogP contribution >= 0.6 is 11.3 Å². The molecule has 1 aromatic heterocycles. The molecule has 7 nitrogen and oxygen atoms in total. The quantitative estimate of drug-likeness (QED) is 0.455. The van der Waals surface area contributed by atoms with Crippen molar-refractivity contribution in [3.05, 3.63) is 65.6 Å². The molecular weight excluding hydrogens is 428 g/mol. The minimum absolute atomic E-state index is 0.250. The van der Waals surface area contributed by atoms with E-state index in [1.807, 2.05) is 47.9 Å². The van der Waals surface area contributed by atoms with Crippen molar-refractivity contribution in [2.75, 3.05) is 31.7 Å². The molecule has 0 spiro atoms. The van der Waals surface area contributed by atoms with Crippen molar-refractivity contribution in [1.82, 2.24) is 4.98 Å². The number of amides is 1. The summed E-state index contributed by atoms with van der Waals surface area (Å²) in [5, 5.41) is 5.21. The Kier molecular flexibility index (Phi) is 5.76.